The zero-order valence-corrected chi connectivity index (χ0v) is 12.7. The molecular formula is C15H20ClFN2O2. The van der Waals surface area contributed by atoms with Gasteiger partial charge in [0.25, 0.3) is 5.91 Å². The summed E-state index contributed by atoms with van der Waals surface area (Å²) in [6.07, 6.45) is 2.11. The fourth-order valence-corrected chi connectivity index (χ4v) is 3.44. The minimum atomic E-state index is -0.532. The summed E-state index contributed by atoms with van der Waals surface area (Å²) >= 11 is 0. The molecule has 1 aliphatic heterocycles. The molecular weight excluding hydrogens is 295 g/mol. The summed E-state index contributed by atoms with van der Waals surface area (Å²) in [5.41, 5.74) is 6.17. The van der Waals surface area contributed by atoms with Crippen molar-refractivity contribution in [3.63, 3.8) is 0 Å². The molecule has 4 nitrogen and oxygen atoms in total. The molecule has 3 unspecified atom stereocenters. The number of carbonyl (C=O) groups is 1. The summed E-state index contributed by atoms with van der Waals surface area (Å²) < 4.78 is 18.9. The first-order valence-corrected chi connectivity index (χ1v) is 6.98. The van der Waals surface area contributed by atoms with Gasteiger partial charge >= 0.3 is 0 Å². The van der Waals surface area contributed by atoms with E-state index in [9.17, 15) is 9.18 Å². The van der Waals surface area contributed by atoms with E-state index < -0.39 is 5.82 Å². The molecule has 1 heterocycles. The predicted molar refractivity (Wildman–Crippen MR) is 80.3 cm³/mol. The van der Waals surface area contributed by atoms with Crippen molar-refractivity contribution in [2.24, 2.45) is 17.6 Å². The molecule has 21 heavy (non-hydrogen) atoms. The van der Waals surface area contributed by atoms with Crippen LogP contribution in [0, 0.1) is 17.7 Å². The zero-order valence-electron chi connectivity index (χ0n) is 11.9. The Bertz CT molecular complexity index is 540. The third-order valence-corrected chi connectivity index (χ3v) is 4.61. The molecule has 1 amide bonds. The van der Waals surface area contributed by atoms with Crippen LogP contribution in [0.25, 0.3) is 0 Å². The van der Waals surface area contributed by atoms with E-state index in [1.165, 1.54) is 19.2 Å². The molecule has 2 aliphatic rings. The number of fused-ring (bicyclic) bond motifs is 1. The molecule has 1 aromatic carbocycles. The van der Waals surface area contributed by atoms with Crippen LogP contribution in [0.3, 0.4) is 0 Å². The molecule has 0 bridgehead atoms. The second-order valence-electron chi connectivity index (χ2n) is 5.72. The molecule has 116 valence electrons. The van der Waals surface area contributed by atoms with Gasteiger partial charge in [-0.2, -0.15) is 0 Å². The van der Waals surface area contributed by atoms with Crippen molar-refractivity contribution in [3.05, 3.63) is 29.6 Å². The van der Waals surface area contributed by atoms with Gasteiger partial charge in [-0.25, -0.2) is 4.39 Å². The van der Waals surface area contributed by atoms with Gasteiger partial charge in [0.2, 0.25) is 0 Å². The molecule has 1 aromatic rings. The maximum Gasteiger partial charge on any atom is 0.256 e. The number of carbonyl (C=O) groups excluding carboxylic acids is 1. The van der Waals surface area contributed by atoms with Crippen molar-refractivity contribution in [2.45, 2.75) is 18.9 Å². The summed E-state index contributed by atoms with van der Waals surface area (Å²) in [7, 11) is 1.47. The minimum absolute atomic E-state index is 0. The minimum Gasteiger partial charge on any atom is -0.497 e. The van der Waals surface area contributed by atoms with Crippen LogP contribution in [-0.2, 0) is 0 Å². The second-order valence-corrected chi connectivity index (χ2v) is 5.72. The second kappa shape index (κ2) is 6.20. The Kier molecular flexibility index (Phi) is 4.74. The van der Waals surface area contributed by atoms with Crippen molar-refractivity contribution in [2.75, 3.05) is 20.2 Å². The first-order chi connectivity index (χ1) is 9.60. The van der Waals surface area contributed by atoms with Crippen molar-refractivity contribution in [3.8, 4) is 5.75 Å². The van der Waals surface area contributed by atoms with E-state index in [2.05, 4.69) is 0 Å². The monoisotopic (exact) mass is 314 g/mol. The summed E-state index contributed by atoms with van der Waals surface area (Å²) in [5, 5.41) is 0. The molecule has 0 aromatic heterocycles. The Morgan fingerprint density at radius 1 is 1.38 bits per heavy atom. The van der Waals surface area contributed by atoms with Gasteiger partial charge in [0.1, 0.15) is 11.6 Å². The van der Waals surface area contributed by atoms with Gasteiger partial charge in [-0.1, -0.05) is 0 Å². The summed E-state index contributed by atoms with van der Waals surface area (Å²) in [4.78, 5) is 14.1. The number of nitrogens with two attached hydrogens (primary N) is 1. The number of amides is 1. The summed E-state index contributed by atoms with van der Waals surface area (Å²) in [5.74, 6) is 0.498. The smallest absolute Gasteiger partial charge is 0.256 e. The highest BCUT2D eigenvalue weighted by molar-refractivity contribution is 5.94. The molecule has 2 fully saturated rings. The number of hydrogen-bond donors (Lipinski definition) is 1. The average Bonchev–Trinajstić information content (AvgIpc) is 3.00. The maximum atomic E-state index is 14.0. The van der Waals surface area contributed by atoms with E-state index >= 15 is 0 Å². The van der Waals surface area contributed by atoms with E-state index in [-0.39, 0.29) is 29.9 Å². The number of nitrogens with zero attached hydrogens (tertiary/aromatic N) is 1. The van der Waals surface area contributed by atoms with Crippen molar-refractivity contribution in [1.82, 2.24) is 4.90 Å². The van der Waals surface area contributed by atoms with Crippen molar-refractivity contribution in [1.29, 1.82) is 0 Å². The first kappa shape index (κ1) is 16.0. The lowest BCUT2D eigenvalue weighted by molar-refractivity contribution is 0.0775. The fraction of sp³-hybridized carbons (Fsp3) is 0.533. The number of likely N-dealkylation sites (tertiary alicyclic amines) is 1. The zero-order chi connectivity index (χ0) is 14.3. The van der Waals surface area contributed by atoms with Gasteiger partial charge in [-0.05, 0) is 36.8 Å². The lowest BCUT2D eigenvalue weighted by Crippen LogP contribution is -2.33. The van der Waals surface area contributed by atoms with Gasteiger partial charge in [0, 0.05) is 25.2 Å². The molecule has 1 saturated heterocycles. The normalized spacial score (nSPS) is 27.2. The van der Waals surface area contributed by atoms with Gasteiger partial charge in [-0.3, -0.25) is 4.79 Å². The molecule has 2 N–H and O–H groups in total. The van der Waals surface area contributed by atoms with Gasteiger partial charge in [0.05, 0.1) is 12.7 Å². The van der Waals surface area contributed by atoms with E-state index in [4.69, 9.17) is 10.5 Å². The van der Waals surface area contributed by atoms with Crippen molar-refractivity contribution < 1.29 is 13.9 Å². The van der Waals surface area contributed by atoms with Crippen LogP contribution >= 0.6 is 12.4 Å². The third kappa shape index (κ3) is 2.85. The van der Waals surface area contributed by atoms with Crippen LogP contribution in [0.15, 0.2) is 18.2 Å². The number of ether oxygens (including phenoxy) is 1. The van der Waals surface area contributed by atoms with Crippen LogP contribution < -0.4 is 10.5 Å². The molecule has 1 aliphatic carbocycles. The topological polar surface area (TPSA) is 55.6 Å². The third-order valence-electron chi connectivity index (χ3n) is 4.61. The van der Waals surface area contributed by atoms with Gasteiger partial charge in [0.15, 0.2) is 0 Å². The molecule has 3 rings (SSSR count). The van der Waals surface area contributed by atoms with E-state index in [0.29, 0.717) is 30.7 Å². The predicted octanol–water partition coefficient (Wildman–Crippen LogP) is 2.07. The first-order valence-electron chi connectivity index (χ1n) is 6.98. The standard InChI is InChI=1S/C15H19FN2O2.ClH/c1-20-10-3-4-11(13(16)6-10)15(19)18-7-9-2-5-14(17)12(9)8-18;/h3-4,6,9,12,14H,2,5,7-8,17H2,1H3;1H. The van der Waals surface area contributed by atoms with E-state index in [0.717, 1.165) is 12.8 Å². The van der Waals surface area contributed by atoms with Crippen LogP contribution in [0.1, 0.15) is 23.2 Å². The fourth-order valence-electron chi connectivity index (χ4n) is 3.44. The van der Waals surface area contributed by atoms with Crippen LogP contribution in [-0.4, -0.2) is 37.0 Å². The Morgan fingerprint density at radius 3 is 2.76 bits per heavy atom. The number of methoxy groups -OCH3 is 1. The molecule has 0 spiro atoms. The maximum absolute atomic E-state index is 14.0. The van der Waals surface area contributed by atoms with Gasteiger partial charge in [-0.15, -0.1) is 12.4 Å². The van der Waals surface area contributed by atoms with E-state index in [1.54, 1.807) is 11.0 Å². The highest BCUT2D eigenvalue weighted by atomic mass is 35.5. The highest BCUT2D eigenvalue weighted by Crippen LogP contribution is 2.37. The quantitative estimate of drug-likeness (QED) is 0.909. The SMILES string of the molecule is COc1ccc(C(=O)N2CC3CCC(N)C3C2)c(F)c1.Cl. The Balaban J connectivity index is 0.00000161. The largest absolute Gasteiger partial charge is 0.497 e. The molecule has 1 saturated carbocycles. The van der Waals surface area contributed by atoms with E-state index in [1.807, 2.05) is 0 Å². The Hall–Kier alpha value is -1.33. The summed E-state index contributed by atoms with van der Waals surface area (Å²) in [6, 6.07) is 4.53. The molecule has 0 radical (unpaired) electrons. The Morgan fingerprint density at radius 2 is 2.14 bits per heavy atom. The lowest BCUT2D eigenvalue weighted by atomic mass is 9.98. The van der Waals surface area contributed by atoms with Crippen LogP contribution in [0.4, 0.5) is 4.39 Å². The number of rotatable bonds is 2. The highest BCUT2D eigenvalue weighted by Gasteiger charge is 2.42. The number of halogens is 2. The average molecular weight is 315 g/mol. The number of benzene rings is 1. The van der Waals surface area contributed by atoms with Gasteiger partial charge < -0.3 is 15.4 Å². The Labute approximate surface area is 129 Å². The van der Waals surface area contributed by atoms with Crippen LogP contribution in [0.2, 0.25) is 0 Å². The van der Waals surface area contributed by atoms with Crippen molar-refractivity contribution >= 4 is 18.3 Å². The lowest BCUT2D eigenvalue weighted by Gasteiger charge is -2.19. The van der Waals surface area contributed by atoms with Crippen LogP contribution in [0.5, 0.6) is 5.75 Å². The molecule has 6 heteroatoms. The summed E-state index contributed by atoms with van der Waals surface area (Å²) in [6.45, 7) is 1.35. The number of hydrogen-bond acceptors (Lipinski definition) is 3. The molecule has 3 atom stereocenters.